The summed E-state index contributed by atoms with van der Waals surface area (Å²) in [5.41, 5.74) is 2.01. The third kappa shape index (κ3) is 3.88. The van der Waals surface area contributed by atoms with E-state index < -0.39 is 24.0 Å². The van der Waals surface area contributed by atoms with Gasteiger partial charge in [-0.15, -0.1) is 0 Å². The number of para-hydroxylation sites is 1. The molecule has 2 heterocycles. The summed E-state index contributed by atoms with van der Waals surface area (Å²) in [5.74, 6) is -0.604. The van der Waals surface area contributed by atoms with Gasteiger partial charge in [-0.25, -0.2) is 9.96 Å². The van der Waals surface area contributed by atoms with Crippen molar-refractivity contribution in [2.24, 2.45) is 5.92 Å². The Labute approximate surface area is 198 Å². The number of benzene rings is 3. The van der Waals surface area contributed by atoms with Crippen LogP contribution < -0.4 is 14.7 Å². The van der Waals surface area contributed by atoms with Gasteiger partial charge >= 0.3 is 0 Å². The van der Waals surface area contributed by atoms with E-state index in [0.717, 1.165) is 24.1 Å². The molecule has 174 valence electrons. The molecule has 2 aliphatic heterocycles. The Hall–Kier alpha value is -3.84. The van der Waals surface area contributed by atoms with E-state index in [-0.39, 0.29) is 11.7 Å². The molecule has 34 heavy (non-hydrogen) atoms. The van der Waals surface area contributed by atoms with Gasteiger partial charge in [0.15, 0.2) is 6.10 Å². The van der Waals surface area contributed by atoms with Crippen molar-refractivity contribution in [2.45, 2.75) is 31.9 Å². The van der Waals surface area contributed by atoms with Gasteiger partial charge in [0.25, 0.3) is 5.91 Å². The monoisotopic (exact) mass is 458 g/mol. The molecule has 1 N–H and O–H groups in total. The number of nitrogens with zero attached hydrogens (tertiary/aromatic N) is 2. The maximum absolute atomic E-state index is 13.6. The zero-order valence-electron chi connectivity index (χ0n) is 18.8. The number of aromatic hydroxyl groups is 1. The van der Waals surface area contributed by atoms with Crippen LogP contribution in [-0.4, -0.2) is 29.6 Å². The standard InChI is InChI=1S/C27H26N2O5/c1-2-3-17-33-22-15-11-19(12-16-22)28-26(31)23-24(18-9-13-21(30)14-10-18)29(34-25(23)27(28)32)20-7-5-4-6-8-20/h4-16,23-25,30H,2-3,17H2,1H3/t23-,24-,25-/m0/s1. The Morgan fingerprint density at radius 3 is 2.26 bits per heavy atom. The maximum Gasteiger partial charge on any atom is 0.266 e. The fourth-order valence-corrected chi connectivity index (χ4v) is 4.50. The molecule has 3 aromatic carbocycles. The Bertz CT molecular complexity index is 1160. The van der Waals surface area contributed by atoms with E-state index in [1.54, 1.807) is 53.6 Å². The summed E-state index contributed by atoms with van der Waals surface area (Å²) in [7, 11) is 0. The lowest BCUT2D eigenvalue weighted by Gasteiger charge is -2.28. The number of hydrogen-bond donors (Lipinski definition) is 1. The quantitative estimate of drug-likeness (QED) is 0.411. The fraction of sp³-hybridized carbons (Fsp3) is 0.259. The predicted octanol–water partition coefficient (Wildman–Crippen LogP) is 4.62. The number of rotatable bonds is 7. The number of anilines is 2. The molecule has 2 aliphatic rings. The second-order valence-electron chi connectivity index (χ2n) is 8.46. The molecule has 0 unspecified atom stereocenters. The van der Waals surface area contributed by atoms with E-state index in [1.807, 2.05) is 30.3 Å². The summed E-state index contributed by atoms with van der Waals surface area (Å²) < 4.78 is 5.70. The third-order valence-corrected chi connectivity index (χ3v) is 6.22. The molecule has 3 atom stereocenters. The molecule has 0 radical (unpaired) electrons. The van der Waals surface area contributed by atoms with E-state index in [1.165, 1.54) is 4.90 Å². The highest BCUT2D eigenvalue weighted by atomic mass is 16.7. The number of amides is 2. The fourth-order valence-electron chi connectivity index (χ4n) is 4.50. The van der Waals surface area contributed by atoms with E-state index in [0.29, 0.717) is 18.0 Å². The number of carbonyl (C=O) groups excluding carboxylic acids is 2. The van der Waals surface area contributed by atoms with Crippen LogP contribution in [0.3, 0.4) is 0 Å². The first-order valence-electron chi connectivity index (χ1n) is 11.5. The summed E-state index contributed by atoms with van der Waals surface area (Å²) in [6, 6.07) is 22.5. The summed E-state index contributed by atoms with van der Waals surface area (Å²) in [6.45, 7) is 2.72. The third-order valence-electron chi connectivity index (χ3n) is 6.22. The number of hydroxylamine groups is 1. The molecular weight excluding hydrogens is 432 g/mol. The molecule has 0 aliphatic carbocycles. The largest absolute Gasteiger partial charge is 0.508 e. The van der Waals surface area contributed by atoms with E-state index in [2.05, 4.69) is 6.92 Å². The molecule has 3 aromatic rings. The van der Waals surface area contributed by atoms with Crippen LogP contribution in [0, 0.1) is 5.92 Å². The highest BCUT2D eigenvalue weighted by Gasteiger charge is 2.60. The van der Waals surface area contributed by atoms with Crippen LogP contribution in [0.1, 0.15) is 31.4 Å². The summed E-state index contributed by atoms with van der Waals surface area (Å²) in [6.07, 6.45) is 1.06. The summed E-state index contributed by atoms with van der Waals surface area (Å²) >= 11 is 0. The van der Waals surface area contributed by atoms with Gasteiger partial charge < -0.3 is 9.84 Å². The minimum atomic E-state index is -0.938. The van der Waals surface area contributed by atoms with Crippen molar-refractivity contribution in [3.63, 3.8) is 0 Å². The van der Waals surface area contributed by atoms with Gasteiger partial charge in [0.2, 0.25) is 5.91 Å². The van der Waals surface area contributed by atoms with Gasteiger partial charge in [0.1, 0.15) is 17.4 Å². The Balaban J connectivity index is 1.46. The van der Waals surface area contributed by atoms with Crippen molar-refractivity contribution in [1.82, 2.24) is 0 Å². The molecule has 2 saturated heterocycles. The van der Waals surface area contributed by atoms with Crippen molar-refractivity contribution < 1.29 is 24.3 Å². The number of hydrogen-bond acceptors (Lipinski definition) is 6. The van der Waals surface area contributed by atoms with Crippen molar-refractivity contribution >= 4 is 23.2 Å². The highest BCUT2D eigenvalue weighted by Crippen LogP contribution is 2.47. The number of fused-ring (bicyclic) bond motifs is 1. The lowest BCUT2D eigenvalue weighted by atomic mass is 9.90. The second-order valence-corrected chi connectivity index (χ2v) is 8.46. The normalized spacial score (nSPS) is 21.7. The lowest BCUT2D eigenvalue weighted by Crippen LogP contribution is -2.37. The van der Waals surface area contributed by atoms with Gasteiger partial charge in [-0.1, -0.05) is 43.7 Å². The smallest absolute Gasteiger partial charge is 0.266 e. The van der Waals surface area contributed by atoms with Gasteiger partial charge in [-0.2, -0.15) is 0 Å². The first-order chi connectivity index (χ1) is 16.6. The zero-order chi connectivity index (χ0) is 23.7. The van der Waals surface area contributed by atoms with Crippen LogP contribution in [-0.2, 0) is 14.4 Å². The summed E-state index contributed by atoms with van der Waals surface area (Å²) in [5, 5.41) is 11.4. The van der Waals surface area contributed by atoms with Crippen LogP contribution in [0.4, 0.5) is 11.4 Å². The molecule has 0 spiro atoms. The number of carbonyl (C=O) groups is 2. The van der Waals surface area contributed by atoms with Crippen LogP contribution in [0.5, 0.6) is 11.5 Å². The molecule has 7 heteroatoms. The van der Waals surface area contributed by atoms with Crippen LogP contribution in [0.25, 0.3) is 0 Å². The molecule has 7 nitrogen and oxygen atoms in total. The van der Waals surface area contributed by atoms with Crippen molar-refractivity contribution in [1.29, 1.82) is 0 Å². The van der Waals surface area contributed by atoms with Crippen molar-refractivity contribution in [3.8, 4) is 11.5 Å². The zero-order valence-corrected chi connectivity index (χ0v) is 18.8. The average molecular weight is 459 g/mol. The average Bonchev–Trinajstić information content (AvgIpc) is 3.37. The van der Waals surface area contributed by atoms with Gasteiger partial charge in [-0.05, 0) is 60.5 Å². The lowest BCUT2D eigenvalue weighted by molar-refractivity contribution is -0.126. The van der Waals surface area contributed by atoms with E-state index in [4.69, 9.17) is 9.57 Å². The number of imide groups is 1. The Morgan fingerprint density at radius 1 is 0.882 bits per heavy atom. The number of ether oxygens (including phenoxy) is 1. The minimum Gasteiger partial charge on any atom is -0.508 e. The first-order valence-corrected chi connectivity index (χ1v) is 11.5. The van der Waals surface area contributed by atoms with Crippen LogP contribution >= 0.6 is 0 Å². The molecule has 2 fully saturated rings. The number of unbranched alkanes of at least 4 members (excludes halogenated alkanes) is 1. The molecule has 0 bridgehead atoms. The molecule has 5 rings (SSSR count). The van der Waals surface area contributed by atoms with Crippen LogP contribution in [0.15, 0.2) is 78.9 Å². The highest BCUT2D eigenvalue weighted by molar-refractivity contribution is 6.23. The number of phenols is 1. The maximum atomic E-state index is 13.6. The topological polar surface area (TPSA) is 79.3 Å². The predicted molar refractivity (Wildman–Crippen MR) is 127 cm³/mol. The van der Waals surface area contributed by atoms with E-state index >= 15 is 0 Å². The van der Waals surface area contributed by atoms with Crippen molar-refractivity contribution in [2.75, 3.05) is 16.6 Å². The number of phenolic OH excluding ortho intramolecular Hbond substituents is 1. The Kier molecular flexibility index (Phi) is 5.94. The minimum absolute atomic E-state index is 0.127. The first kappa shape index (κ1) is 22.0. The van der Waals surface area contributed by atoms with Gasteiger partial charge in [0.05, 0.1) is 24.0 Å². The molecule has 2 amide bonds. The molecule has 0 aromatic heterocycles. The van der Waals surface area contributed by atoms with Crippen LogP contribution in [0.2, 0.25) is 0 Å². The second kappa shape index (κ2) is 9.19. The van der Waals surface area contributed by atoms with Crippen molar-refractivity contribution in [3.05, 3.63) is 84.4 Å². The van der Waals surface area contributed by atoms with E-state index in [9.17, 15) is 14.7 Å². The van der Waals surface area contributed by atoms with Gasteiger partial charge in [0, 0.05) is 0 Å². The Morgan fingerprint density at radius 2 is 1.59 bits per heavy atom. The molecular formula is C27H26N2O5. The summed E-state index contributed by atoms with van der Waals surface area (Å²) in [4.78, 5) is 34.4. The van der Waals surface area contributed by atoms with Gasteiger partial charge in [-0.3, -0.25) is 14.4 Å². The molecule has 0 saturated carbocycles. The SMILES string of the molecule is CCCCOc1ccc(N2C(=O)[C@@H]3[C@H](ON(c4ccccc4)[C@H]3c3ccc(O)cc3)C2=O)cc1.